The Bertz CT molecular complexity index is 486. The van der Waals surface area contributed by atoms with Gasteiger partial charge in [0.05, 0.1) is 0 Å². The highest BCUT2D eigenvalue weighted by Gasteiger charge is 2.10. The summed E-state index contributed by atoms with van der Waals surface area (Å²) in [5, 5.41) is 13.8. The van der Waals surface area contributed by atoms with E-state index in [0.717, 1.165) is 0 Å². The molecule has 0 aliphatic carbocycles. The zero-order chi connectivity index (χ0) is 8.72. The number of fused-ring (bicyclic) bond motifs is 1. The van der Waals surface area contributed by atoms with Crippen LogP contribution >= 0.6 is 15.9 Å². The molecule has 0 saturated carbocycles. The summed E-state index contributed by atoms with van der Waals surface area (Å²) < 4.78 is 1.97. The number of hydrogen-bond acceptors (Lipinski definition) is 4. The van der Waals surface area contributed by atoms with Gasteiger partial charge in [0, 0.05) is 7.05 Å². The van der Waals surface area contributed by atoms with Gasteiger partial charge in [0.15, 0.2) is 5.65 Å². The van der Waals surface area contributed by atoms with E-state index in [2.05, 4.69) is 36.4 Å². The minimum Gasteiger partial charge on any atom is -0.267 e. The van der Waals surface area contributed by atoms with E-state index in [1.54, 1.807) is 7.05 Å². The molecule has 1 N–H and O–H groups in total. The van der Waals surface area contributed by atoms with Crippen LogP contribution in [0.3, 0.4) is 0 Å². The minimum absolute atomic E-state index is 0.292. The summed E-state index contributed by atoms with van der Waals surface area (Å²) in [5.41, 5.74) is 0.172. The molecular weight excluding hydrogens is 226 g/mol. The van der Waals surface area contributed by atoms with Gasteiger partial charge in [-0.2, -0.15) is 5.10 Å². The first kappa shape index (κ1) is 7.41. The highest BCUT2D eigenvalue weighted by molar-refractivity contribution is 9.10. The monoisotopic (exact) mass is 229 g/mol. The third kappa shape index (κ3) is 0.860. The van der Waals surface area contributed by atoms with Crippen molar-refractivity contribution in [1.82, 2.24) is 25.2 Å². The Morgan fingerprint density at radius 3 is 3.00 bits per heavy atom. The number of hydrogen-bond donors (Lipinski definition) is 1. The summed E-state index contributed by atoms with van der Waals surface area (Å²) in [6.07, 6.45) is 0. The van der Waals surface area contributed by atoms with Crippen molar-refractivity contribution in [2.45, 2.75) is 0 Å². The van der Waals surface area contributed by atoms with Crippen molar-refractivity contribution in [2.75, 3.05) is 0 Å². The van der Waals surface area contributed by atoms with Crippen LogP contribution in [0.1, 0.15) is 0 Å². The molecule has 0 saturated heterocycles. The lowest BCUT2D eigenvalue weighted by Gasteiger charge is -1.87. The largest absolute Gasteiger partial charge is 0.279 e. The SMILES string of the molecule is Cn1nc(Br)c2c(=O)[nH]nnc21. The molecule has 2 aromatic rings. The molecule has 0 radical (unpaired) electrons. The number of H-pyrrole nitrogens is 1. The lowest BCUT2D eigenvalue weighted by Crippen LogP contribution is -2.09. The Hall–Kier alpha value is -1.24. The molecule has 2 rings (SSSR count). The van der Waals surface area contributed by atoms with Crippen molar-refractivity contribution in [1.29, 1.82) is 0 Å². The highest BCUT2D eigenvalue weighted by atomic mass is 79.9. The Labute approximate surface area is 74.7 Å². The number of nitrogens with zero attached hydrogens (tertiary/aromatic N) is 4. The Morgan fingerprint density at radius 1 is 1.58 bits per heavy atom. The van der Waals surface area contributed by atoms with E-state index < -0.39 is 0 Å². The van der Waals surface area contributed by atoms with Gasteiger partial charge in [-0.15, -0.1) is 5.10 Å². The second-order valence-corrected chi connectivity index (χ2v) is 3.01. The van der Waals surface area contributed by atoms with Crippen molar-refractivity contribution in [3.8, 4) is 0 Å². The highest BCUT2D eigenvalue weighted by Crippen LogP contribution is 2.15. The van der Waals surface area contributed by atoms with Crippen molar-refractivity contribution in [3.63, 3.8) is 0 Å². The maximum absolute atomic E-state index is 11.2. The van der Waals surface area contributed by atoms with Gasteiger partial charge in [0.1, 0.15) is 9.99 Å². The van der Waals surface area contributed by atoms with Crippen molar-refractivity contribution in [3.05, 3.63) is 15.0 Å². The molecule has 12 heavy (non-hydrogen) atoms. The van der Waals surface area contributed by atoms with E-state index >= 15 is 0 Å². The zero-order valence-electron chi connectivity index (χ0n) is 6.08. The summed E-state index contributed by atoms with van der Waals surface area (Å²) in [5.74, 6) is 0. The molecule has 2 heterocycles. The number of aromatic nitrogens is 5. The molecule has 0 atom stereocenters. The number of rotatable bonds is 0. The standard InChI is InChI=1S/C5H4BrN5O/c1-11-4-2(3(6)9-11)5(12)8-10-7-4/h1H3,(H,7,8,12). The van der Waals surface area contributed by atoms with E-state index in [1.165, 1.54) is 4.68 Å². The lowest BCUT2D eigenvalue weighted by atomic mass is 10.4. The normalized spacial score (nSPS) is 10.8. The van der Waals surface area contributed by atoms with Crippen LogP contribution < -0.4 is 5.56 Å². The maximum Gasteiger partial charge on any atom is 0.279 e. The van der Waals surface area contributed by atoms with Gasteiger partial charge < -0.3 is 0 Å². The first-order valence-electron chi connectivity index (χ1n) is 3.13. The molecule has 0 unspecified atom stereocenters. The van der Waals surface area contributed by atoms with Crippen LogP contribution in [-0.4, -0.2) is 25.2 Å². The van der Waals surface area contributed by atoms with E-state index in [4.69, 9.17) is 0 Å². The van der Waals surface area contributed by atoms with Gasteiger partial charge in [-0.25, -0.2) is 9.78 Å². The van der Waals surface area contributed by atoms with E-state index in [0.29, 0.717) is 15.6 Å². The molecule has 0 aliphatic heterocycles. The molecule has 0 bridgehead atoms. The molecule has 0 aromatic carbocycles. The molecule has 62 valence electrons. The first-order valence-corrected chi connectivity index (χ1v) is 3.93. The summed E-state index contributed by atoms with van der Waals surface area (Å²) in [4.78, 5) is 11.2. The van der Waals surface area contributed by atoms with Gasteiger partial charge in [-0.1, -0.05) is 5.21 Å². The molecule has 0 aliphatic rings. The second-order valence-electron chi connectivity index (χ2n) is 2.25. The number of nitrogens with one attached hydrogen (secondary N) is 1. The average Bonchev–Trinajstić information content (AvgIpc) is 2.29. The predicted molar refractivity (Wildman–Crippen MR) is 44.6 cm³/mol. The number of aryl methyl sites for hydroxylation is 1. The van der Waals surface area contributed by atoms with Gasteiger partial charge in [-0.3, -0.25) is 4.79 Å². The Balaban J connectivity index is 3.09. The third-order valence-electron chi connectivity index (χ3n) is 1.50. The van der Waals surface area contributed by atoms with Crippen LogP contribution in [0.5, 0.6) is 0 Å². The lowest BCUT2D eigenvalue weighted by molar-refractivity contribution is 0.757. The van der Waals surface area contributed by atoms with Crippen LogP contribution in [0.25, 0.3) is 11.0 Å². The molecular formula is C5H4BrN5O. The molecule has 7 heteroatoms. The summed E-state index contributed by atoms with van der Waals surface area (Å²) in [6.45, 7) is 0. The topological polar surface area (TPSA) is 76.5 Å². The van der Waals surface area contributed by atoms with Gasteiger partial charge in [0.2, 0.25) is 0 Å². The van der Waals surface area contributed by atoms with E-state index in [-0.39, 0.29) is 5.56 Å². The summed E-state index contributed by atoms with van der Waals surface area (Å²) >= 11 is 3.15. The van der Waals surface area contributed by atoms with Crippen LogP contribution in [0.2, 0.25) is 0 Å². The molecule has 0 amide bonds. The molecule has 0 fully saturated rings. The fourth-order valence-electron chi connectivity index (χ4n) is 0.967. The summed E-state index contributed by atoms with van der Waals surface area (Å²) in [7, 11) is 1.70. The van der Waals surface area contributed by atoms with Gasteiger partial charge >= 0.3 is 0 Å². The van der Waals surface area contributed by atoms with Crippen molar-refractivity contribution < 1.29 is 0 Å². The predicted octanol–water partition coefficient (Wildman–Crippen LogP) is -0.186. The van der Waals surface area contributed by atoms with Gasteiger partial charge in [-0.05, 0) is 15.9 Å². The second kappa shape index (κ2) is 2.37. The zero-order valence-corrected chi connectivity index (χ0v) is 7.66. The maximum atomic E-state index is 11.2. The van der Waals surface area contributed by atoms with Crippen molar-refractivity contribution >= 4 is 27.0 Å². The fourth-order valence-corrected chi connectivity index (χ4v) is 1.56. The summed E-state index contributed by atoms with van der Waals surface area (Å²) in [6, 6.07) is 0. The molecule has 2 aromatic heterocycles. The Morgan fingerprint density at radius 2 is 2.33 bits per heavy atom. The first-order chi connectivity index (χ1) is 5.70. The van der Waals surface area contributed by atoms with Crippen LogP contribution in [0.4, 0.5) is 0 Å². The minimum atomic E-state index is -0.292. The van der Waals surface area contributed by atoms with E-state index in [1.807, 2.05) is 0 Å². The third-order valence-corrected chi connectivity index (χ3v) is 2.05. The number of halogens is 1. The average molecular weight is 230 g/mol. The Kier molecular flexibility index (Phi) is 1.47. The van der Waals surface area contributed by atoms with Crippen molar-refractivity contribution in [2.24, 2.45) is 7.05 Å². The van der Waals surface area contributed by atoms with E-state index in [9.17, 15) is 4.79 Å². The number of aromatic amines is 1. The van der Waals surface area contributed by atoms with Gasteiger partial charge in [0.25, 0.3) is 5.56 Å². The van der Waals surface area contributed by atoms with Crippen LogP contribution in [-0.2, 0) is 7.05 Å². The quantitative estimate of drug-likeness (QED) is 0.680. The fraction of sp³-hybridized carbons (Fsp3) is 0.200. The van der Waals surface area contributed by atoms with Crippen LogP contribution in [0, 0.1) is 0 Å². The smallest absolute Gasteiger partial charge is 0.267 e. The molecule has 0 spiro atoms. The molecule has 6 nitrogen and oxygen atoms in total. The van der Waals surface area contributed by atoms with Crippen LogP contribution in [0.15, 0.2) is 9.40 Å².